The van der Waals surface area contributed by atoms with Crippen LogP contribution in [0.15, 0.2) is 55.1 Å². The molecule has 31 heavy (non-hydrogen) atoms. The van der Waals surface area contributed by atoms with Gasteiger partial charge in [0.25, 0.3) is 0 Å². The maximum atomic E-state index is 14.4. The van der Waals surface area contributed by atoms with Crippen molar-refractivity contribution < 1.29 is 27.5 Å². The first-order valence-electron chi connectivity index (χ1n) is 9.17. The Morgan fingerprint density at radius 2 is 1.90 bits per heavy atom. The maximum Gasteiger partial charge on any atom is 0.490 e. The molecule has 4 rings (SSSR count). The Labute approximate surface area is 174 Å². The predicted molar refractivity (Wildman–Crippen MR) is 104 cm³/mol. The third-order valence-corrected chi connectivity index (χ3v) is 4.56. The van der Waals surface area contributed by atoms with Crippen molar-refractivity contribution >= 4 is 11.7 Å². The van der Waals surface area contributed by atoms with Gasteiger partial charge >= 0.3 is 12.1 Å². The zero-order chi connectivity index (χ0) is 22.6. The topological polar surface area (TPSA) is 97.3 Å². The molecule has 11 heteroatoms. The molecule has 2 heterocycles. The number of nitrogens with zero attached hydrogens (tertiary/aromatic N) is 4. The van der Waals surface area contributed by atoms with E-state index >= 15 is 0 Å². The number of halogens is 4. The van der Waals surface area contributed by atoms with Crippen LogP contribution in [0.3, 0.4) is 0 Å². The summed E-state index contributed by atoms with van der Waals surface area (Å²) in [6.45, 7) is 1.39. The summed E-state index contributed by atoms with van der Waals surface area (Å²) in [5.74, 6) is -3.07. The highest BCUT2D eigenvalue weighted by Gasteiger charge is 2.38. The molecule has 1 aliphatic rings. The van der Waals surface area contributed by atoms with Crippen LogP contribution in [0.4, 0.5) is 23.2 Å². The minimum Gasteiger partial charge on any atom is -0.475 e. The Morgan fingerprint density at radius 1 is 1.19 bits per heavy atom. The smallest absolute Gasteiger partial charge is 0.475 e. The normalized spacial score (nSPS) is 15.6. The van der Waals surface area contributed by atoms with Gasteiger partial charge in [0.1, 0.15) is 24.2 Å². The van der Waals surface area contributed by atoms with Crippen LogP contribution in [0.1, 0.15) is 11.1 Å². The number of carboxylic acids is 1. The van der Waals surface area contributed by atoms with Crippen LogP contribution in [0.5, 0.6) is 0 Å². The van der Waals surface area contributed by atoms with Gasteiger partial charge in [-0.2, -0.15) is 18.3 Å². The Balaban J connectivity index is 0.000000339. The van der Waals surface area contributed by atoms with Crippen LogP contribution in [-0.4, -0.2) is 44.6 Å². The molecule has 7 nitrogen and oxygen atoms in total. The second kappa shape index (κ2) is 9.13. The van der Waals surface area contributed by atoms with Gasteiger partial charge in [-0.3, -0.25) is 0 Å². The van der Waals surface area contributed by atoms with Crippen molar-refractivity contribution in [3.05, 3.63) is 72.1 Å². The average molecular weight is 437 g/mol. The zero-order valence-corrected chi connectivity index (χ0v) is 16.1. The van der Waals surface area contributed by atoms with Gasteiger partial charge in [-0.15, -0.1) is 0 Å². The van der Waals surface area contributed by atoms with Crippen molar-refractivity contribution in [3.63, 3.8) is 0 Å². The number of fused-ring (bicyclic) bond motifs is 1. The van der Waals surface area contributed by atoms with Crippen molar-refractivity contribution in [2.45, 2.75) is 25.2 Å². The fraction of sp³-hybridized carbons (Fsp3) is 0.250. The highest BCUT2D eigenvalue weighted by molar-refractivity contribution is 5.73. The van der Waals surface area contributed by atoms with E-state index in [0.29, 0.717) is 12.2 Å². The van der Waals surface area contributed by atoms with Gasteiger partial charge < -0.3 is 15.7 Å². The van der Waals surface area contributed by atoms with Crippen molar-refractivity contribution in [2.75, 3.05) is 11.4 Å². The molecule has 2 aromatic carbocycles. The van der Waals surface area contributed by atoms with Gasteiger partial charge in [0.15, 0.2) is 0 Å². The number of nitrogens with two attached hydrogens (primary N) is 1. The molecule has 1 aliphatic heterocycles. The summed E-state index contributed by atoms with van der Waals surface area (Å²) in [7, 11) is 0. The van der Waals surface area contributed by atoms with E-state index in [1.807, 2.05) is 18.2 Å². The molecular weight excluding hydrogens is 418 g/mol. The third-order valence-electron chi connectivity index (χ3n) is 4.56. The van der Waals surface area contributed by atoms with Gasteiger partial charge in [0, 0.05) is 24.8 Å². The molecule has 0 radical (unpaired) electrons. The molecule has 1 aromatic heterocycles. The zero-order valence-electron chi connectivity index (χ0n) is 16.1. The molecule has 1 unspecified atom stereocenters. The van der Waals surface area contributed by atoms with E-state index in [0.717, 1.165) is 18.5 Å². The van der Waals surface area contributed by atoms with Crippen molar-refractivity contribution in [2.24, 2.45) is 5.73 Å². The van der Waals surface area contributed by atoms with E-state index in [2.05, 4.69) is 27.1 Å². The van der Waals surface area contributed by atoms with Crippen LogP contribution >= 0.6 is 0 Å². The van der Waals surface area contributed by atoms with Crippen LogP contribution in [-0.2, 0) is 17.8 Å². The van der Waals surface area contributed by atoms with Gasteiger partial charge in [0.2, 0.25) is 0 Å². The van der Waals surface area contributed by atoms with E-state index in [9.17, 15) is 17.6 Å². The van der Waals surface area contributed by atoms with Crippen LogP contribution in [0.2, 0.25) is 0 Å². The number of hydrogen-bond donors (Lipinski definition) is 2. The minimum absolute atomic E-state index is 0.0965. The molecule has 0 amide bonds. The summed E-state index contributed by atoms with van der Waals surface area (Å²) in [5, 5.41) is 11.1. The number of rotatable bonds is 3. The summed E-state index contributed by atoms with van der Waals surface area (Å²) in [6, 6.07) is 13.6. The number of para-hydroxylation sites is 1. The Kier molecular flexibility index (Phi) is 6.54. The molecule has 0 fully saturated rings. The van der Waals surface area contributed by atoms with Gasteiger partial charge in [-0.1, -0.05) is 24.3 Å². The van der Waals surface area contributed by atoms with E-state index < -0.39 is 12.1 Å². The minimum atomic E-state index is -5.08. The number of carbonyl (C=O) groups is 1. The fourth-order valence-electron chi connectivity index (χ4n) is 3.26. The molecule has 0 saturated carbocycles. The first-order valence-corrected chi connectivity index (χ1v) is 9.17. The fourth-order valence-corrected chi connectivity index (χ4v) is 3.26. The number of hydrogen-bond acceptors (Lipinski definition) is 5. The Bertz CT molecular complexity index is 1040. The van der Waals surface area contributed by atoms with E-state index in [1.54, 1.807) is 12.1 Å². The third kappa shape index (κ3) is 5.57. The molecule has 3 N–H and O–H groups in total. The summed E-state index contributed by atoms with van der Waals surface area (Å²) in [4.78, 5) is 15.0. The standard InChI is InChI=1S/C18H18FN5.C2HF3O2/c19-16-7-13(5-6-18(16)24-12-21-11-22-24)9-23-10-15(20)8-14-3-1-2-4-17(14)23;3-2(4,5)1(6)7/h1-7,11-12,15H,8-10,20H2;(H,6,7). The molecule has 0 bridgehead atoms. The summed E-state index contributed by atoms with van der Waals surface area (Å²) in [5.41, 5.74) is 9.90. The van der Waals surface area contributed by atoms with Crippen molar-refractivity contribution in [1.29, 1.82) is 0 Å². The molecule has 0 saturated heterocycles. The van der Waals surface area contributed by atoms with Gasteiger partial charge in [-0.25, -0.2) is 18.9 Å². The lowest BCUT2D eigenvalue weighted by atomic mass is 9.98. The van der Waals surface area contributed by atoms with E-state index in [1.165, 1.54) is 28.6 Å². The second-order valence-electron chi connectivity index (χ2n) is 6.90. The van der Waals surface area contributed by atoms with E-state index in [-0.39, 0.29) is 11.9 Å². The lowest BCUT2D eigenvalue weighted by Crippen LogP contribution is -2.42. The number of aliphatic carboxylic acids is 1. The second-order valence-corrected chi connectivity index (χ2v) is 6.90. The number of alkyl halides is 3. The molecule has 3 aromatic rings. The monoisotopic (exact) mass is 437 g/mol. The quantitative estimate of drug-likeness (QED) is 0.612. The highest BCUT2D eigenvalue weighted by Crippen LogP contribution is 2.28. The Morgan fingerprint density at radius 3 is 2.52 bits per heavy atom. The van der Waals surface area contributed by atoms with Gasteiger partial charge in [-0.05, 0) is 35.7 Å². The average Bonchev–Trinajstić information content (AvgIpc) is 3.22. The molecule has 0 aliphatic carbocycles. The molecule has 1 atom stereocenters. The summed E-state index contributed by atoms with van der Waals surface area (Å²) >= 11 is 0. The summed E-state index contributed by atoms with van der Waals surface area (Å²) in [6.07, 6.45) is -1.33. The molecule has 0 spiro atoms. The Hall–Kier alpha value is -3.47. The largest absolute Gasteiger partial charge is 0.490 e. The van der Waals surface area contributed by atoms with E-state index in [4.69, 9.17) is 15.6 Å². The van der Waals surface area contributed by atoms with Gasteiger partial charge in [0.05, 0.1) is 0 Å². The SMILES string of the molecule is NC1Cc2ccccc2N(Cc2ccc(-n3cncn3)c(F)c2)C1.O=C(O)C(F)(F)F. The first-order chi connectivity index (χ1) is 14.6. The van der Waals surface area contributed by atoms with Crippen molar-refractivity contribution in [3.8, 4) is 5.69 Å². The maximum absolute atomic E-state index is 14.4. The number of carboxylic acid groups (broad SMARTS) is 1. The lowest BCUT2D eigenvalue weighted by molar-refractivity contribution is -0.192. The lowest BCUT2D eigenvalue weighted by Gasteiger charge is -2.34. The summed E-state index contributed by atoms with van der Waals surface area (Å²) < 4.78 is 47.6. The first kappa shape index (κ1) is 22.2. The van der Waals surface area contributed by atoms with Crippen LogP contribution in [0.25, 0.3) is 5.69 Å². The molecule has 164 valence electrons. The van der Waals surface area contributed by atoms with Crippen LogP contribution < -0.4 is 10.6 Å². The number of benzene rings is 2. The van der Waals surface area contributed by atoms with Crippen molar-refractivity contribution in [1.82, 2.24) is 14.8 Å². The number of aromatic nitrogens is 3. The highest BCUT2D eigenvalue weighted by atomic mass is 19.4. The van der Waals surface area contributed by atoms with Crippen LogP contribution in [0, 0.1) is 5.82 Å². The predicted octanol–water partition coefficient (Wildman–Crippen LogP) is 2.93. The molecular formula is C20H19F4N5O2. The number of anilines is 1.